The first-order chi connectivity index (χ1) is 15.5. The van der Waals surface area contributed by atoms with E-state index in [9.17, 15) is 18.8 Å². The maximum atomic E-state index is 13.2. The molecule has 166 valence electrons. The van der Waals surface area contributed by atoms with Gasteiger partial charge in [0.2, 0.25) is 5.91 Å². The molecule has 1 saturated heterocycles. The number of anilines is 1. The monoisotopic (exact) mass is 437 g/mol. The van der Waals surface area contributed by atoms with Crippen LogP contribution < -0.4 is 4.90 Å². The fraction of sp³-hybridized carbons (Fsp3) is 0.333. The van der Waals surface area contributed by atoms with Crippen molar-refractivity contribution in [3.8, 4) is 6.07 Å². The number of nitrogens with zero attached hydrogens (tertiary/aromatic N) is 3. The number of esters is 1. The van der Waals surface area contributed by atoms with E-state index in [1.54, 1.807) is 4.90 Å². The summed E-state index contributed by atoms with van der Waals surface area (Å²) < 4.78 is 18.4. The number of likely N-dealkylation sites (tertiary alicyclic amines) is 1. The highest BCUT2D eigenvalue weighted by molar-refractivity contribution is 5.95. The smallest absolute Gasteiger partial charge is 0.311 e. The quantitative estimate of drug-likeness (QED) is 0.563. The van der Waals surface area contributed by atoms with Crippen LogP contribution in [0.25, 0.3) is 0 Å². The van der Waals surface area contributed by atoms with E-state index in [0.29, 0.717) is 18.7 Å². The van der Waals surface area contributed by atoms with E-state index in [4.69, 9.17) is 10.00 Å². The van der Waals surface area contributed by atoms with Crippen molar-refractivity contribution < 1.29 is 23.5 Å². The number of rotatable bonds is 9. The first-order valence-electron chi connectivity index (χ1n) is 10.4. The number of hydrogen-bond acceptors (Lipinski definition) is 5. The standard InChI is InChI=1S/C24H24FN3O4/c25-20-7-9-21(10-8-20)28(13-4-12-26)23(30)17-32-24(31)19-15-22(29)27(16-19)14-11-18-5-2-1-3-6-18/h1-3,5-10,19H,4,11,13-17H2. The molecule has 7 nitrogen and oxygen atoms in total. The van der Waals surface area contributed by atoms with Crippen molar-refractivity contribution in [1.29, 1.82) is 5.26 Å². The normalized spacial score (nSPS) is 15.3. The van der Waals surface area contributed by atoms with Gasteiger partial charge in [-0.3, -0.25) is 14.4 Å². The second-order valence-electron chi connectivity index (χ2n) is 7.51. The molecular formula is C24H24FN3O4. The van der Waals surface area contributed by atoms with E-state index in [0.717, 1.165) is 5.56 Å². The Morgan fingerprint density at radius 1 is 1.16 bits per heavy atom. The second kappa shape index (κ2) is 11.0. The van der Waals surface area contributed by atoms with E-state index in [1.807, 2.05) is 36.4 Å². The zero-order valence-electron chi connectivity index (χ0n) is 17.6. The number of ether oxygens (including phenoxy) is 1. The van der Waals surface area contributed by atoms with Crippen molar-refractivity contribution >= 4 is 23.5 Å². The fourth-order valence-electron chi connectivity index (χ4n) is 3.56. The third-order valence-corrected chi connectivity index (χ3v) is 5.29. The summed E-state index contributed by atoms with van der Waals surface area (Å²) in [5.74, 6) is -2.31. The molecule has 2 aromatic carbocycles. The van der Waals surface area contributed by atoms with Crippen LogP contribution in [0.4, 0.5) is 10.1 Å². The minimum absolute atomic E-state index is 0.0535. The minimum atomic E-state index is -0.621. The number of benzene rings is 2. The molecule has 0 aromatic heterocycles. The van der Waals surface area contributed by atoms with Gasteiger partial charge in [-0.05, 0) is 36.2 Å². The molecule has 0 spiro atoms. The molecule has 8 heteroatoms. The number of hydrogen-bond donors (Lipinski definition) is 0. The van der Waals surface area contributed by atoms with Gasteiger partial charge in [-0.1, -0.05) is 30.3 Å². The SMILES string of the molecule is N#CCCN(C(=O)COC(=O)C1CC(=O)N(CCc2ccccc2)C1)c1ccc(F)cc1. The summed E-state index contributed by atoms with van der Waals surface area (Å²) in [6.07, 6.45) is 0.820. The van der Waals surface area contributed by atoms with Crippen LogP contribution in [0.1, 0.15) is 18.4 Å². The molecule has 0 saturated carbocycles. The summed E-state index contributed by atoms with van der Waals surface area (Å²) in [6.45, 7) is 0.344. The highest BCUT2D eigenvalue weighted by Crippen LogP contribution is 2.20. The van der Waals surface area contributed by atoms with Crippen molar-refractivity contribution in [1.82, 2.24) is 4.90 Å². The Bertz CT molecular complexity index is 989. The minimum Gasteiger partial charge on any atom is -0.455 e. The van der Waals surface area contributed by atoms with E-state index in [-0.39, 0.29) is 31.8 Å². The third-order valence-electron chi connectivity index (χ3n) is 5.29. The third kappa shape index (κ3) is 6.14. The molecule has 3 rings (SSSR count). The van der Waals surface area contributed by atoms with Crippen LogP contribution in [0, 0.1) is 23.1 Å². The molecule has 1 unspecified atom stereocenters. The Balaban J connectivity index is 1.52. The van der Waals surface area contributed by atoms with Gasteiger partial charge in [0, 0.05) is 31.7 Å². The number of carbonyl (C=O) groups excluding carboxylic acids is 3. The van der Waals surface area contributed by atoms with E-state index < -0.39 is 30.2 Å². The van der Waals surface area contributed by atoms with Crippen LogP contribution in [0.15, 0.2) is 54.6 Å². The van der Waals surface area contributed by atoms with E-state index >= 15 is 0 Å². The lowest BCUT2D eigenvalue weighted by Gasteiger charge is -2.22. The van der Waals surface area contributed by atoms with Crippen LogP contribution in [0.3, 0.4) is 0 Å². The molecule has 1 aliphatic heterocycles. The predicted molar refractivity (Wildman–Crippen MR) is 115 cm³/mol. The lowest BCUT2D eigenvalue weighted by atomic mass is 10.1. The van der Waals surface area contributed by atoms with Crippen LogP contribution in [-0.2, 0) is 25.5 Å². The van der Waals surface area contributed by atoms with Gasteiger partial charge in [0.25, 0.3) is 5.91 Å². The van der Waals surface area contributed by atoms with E-state index in [2.05, 4.69) is 0 Å². The lowest BCUT2D eigenvalue weighted by molar-refractivity contribution is -0.151. The number of carbonyl (C=O) groups is 3. The molecule has 32 heavy (non-hydrogen) atoms. The first kappa shape index (κ1) is 22.9. The van der Waals surface area contributed by atoms with Gasteiger partial charge in [0.1, 0.15) is 5.82 Å². The molecule has 0 bridgehead atoms. The molecule has 1 heterocycles. The zero-order valence-corrected chi connectivity index (χ0v) is 17.6. The van der Waals surface area contributed by atoms with Gasteiger partial charge in [-0.2, -0.15) is 5.26 Å². The Morgan fingerprint density at radius 2 is 1.88 bits per heavy atom. The Labute approximate surface area is 186 Å². The Morgan fingerprint density at radius 3 is 2.56 bits per heavy atom. The molecular weight excluding hydrogens is 413 g/mol. The van der Waals surface area contributed by atoms with Crippen LogP contribution in [0.2, 0.25) is 0 Å². The average Bonchev–Trinajstić information content (AvgIpc) is 3.18. The van der Waals surface area contributed by atoms with Crippen molar-refractivity contribution in [2.24, 2.45) is 5.92 Å². The average molecular weight is 437 g/mol. The van der Waals surface area contributed by atoms with Gasteiger partial charge in [-0.15, -0.1) is 0 Å². The molecule has 0 N–H and O–H groups in total. The van der Waals surface area contributed by atoms with E-state index in [1.165, 1.54) is 29.2 Å². The van der Waals surface area contributed by atoms with Crippen LogP contribution in [-0.4, -0.2) is 48.9 Å². The van der Waals surface area contributed by atoms with Gasteiger partial charge in [-0.25, -0.2) is 4.39 Å². The largest absolute Gasteiger partial charge is 0.455 e. The molecule has 2 amide bonds. The zero-order chi connectivity index (χ0) is 22.9. The maximum Gasteiger partial charge on any atom is 0.311 e. The molecule has 0 aliphatic carbocycles. The van der Waals surface area contributed by atoms with Crippen LogP contribution in [0.5, 0.6) is 0 Å². The van der Waals surface area contributed by atoms with Gasteiger partial charge < -0.3 is 14.5 Å². The van der Waals surface area contributed by atoms with Gasteiger partial charge in [0.05, 0.1) is 18.4 Å². The van der Waals surface area contributed by atoms with Gasteiger partial charge in [0.15, 0.2) is 6.61 Å². The van der Waals surface area contributed by atoms with Crippen molar-refractivity contribution in [2.75, 3.05) is 31.1 Å². The fourth-order valence-corrected chi connectivity index (χ4v) is 3.56. The first-order valence-corrected chi connectivity index (χ1v) is 10.4. The molecule has 1 fully saturated rings. The number of nitriles is 1. The van der Waals surface area contributed by atoms with Crippen molar-refractivity contribution in [3.63, 3.8) is 0 Å². The number of halogens is 1. The summed E-state index contributed by atoms with van der Waals surface area (Å²) in [4.78, 5) is 40.3. The lowest BCUT2D eigenvalue weighted by Crippen LogP contribution is -2.36. The summed E-state index contributed by atoms with van der Waals surface area (Å²) in [5.41, 5.74) is 1.51. The summed E-state index contributed by atoms with van der Waals surface area (Å²) in [5, 5.41) is 8.85. The van der Waals surface area contributed by atoms with Crippen molar-refractivity contribution in [2.45, 2.75) is 19.3 Å². The summed E-state index contributed by atoms with van der Waals surface area (Å²) in [6, 6.07) is 17.0. The Hall–Kier alpha value is -3.73. The molecule has 1 atom stereocenters. The summed E-state index contributed by atoms with van der Waals surface area (Å²) >= 11 is 0. The second-order valence-corrected chi connectivity index (χ2v) is 7.51. The predicted octanol–water partition coefficient (Wildman–Crippen LogP) is 2.71. The van der Waals surface area contributed by atoms with Crippen LogP contribution >= 0.6 is 0 Å². The topological polar surface area (TPSA) is 90.7 Å². The van der Waals surface area contributed by atoms with Gasteiger partial charge >= 0.3 is 5.97 Å². The Kier molecular flexibility index (Phi) is 7.92. The highest BCUT2D eigenvalue weighted by atomic mass is 19.1. The molecule has 0 radical (unpaired) electrons. The summed E-state index contributed by atoms with van der Waals surface area (Å²) in [7, 11) is 0. The highest BCUT2D eigenvalue weighted by Gasteiger charge is 2.35. The maximum absolute atomic E-state index is 13.2. The molecule has 1 aliphatic rings. The molecule has 2 aromatic rings. The van der Waals surface area contributed by atoms with Crippen molar-refractivity contribution in [3.05, 3.63) is 66.0 Å². The number of amides is 2.